The number of benzene rings is 2. The van der Waals surface area contributed by atoms with Gasteiger partial charge in [-0.25, -0.2) is 4.39 Å². The van der Waals surface area contributed by atoms with Gasteiger partial charge in [-0.15, -0.1) is 0 Å². The van der Waals surface area contributed by atoms with Crippen molar-refractivity contribution in [3.05, 3.63) is 69.9 Å². The van der Waals surface area contributed by atoms with Gasteiger partial charge >= 0.3 is 15.6 Å². The first kappa shape index (κ1) is 19.5. The average molecular weight is 439 g/mol. The fourth-order valence-electron chi connectivity index (χ4n) is 1.97. The molecule has 0 aliphatic rings. The van der Waals surface area contributed by atoms with E-state index in [9.17, 15) is 26.0 Å². The maximum atomic E-state index is 13.1. The van der Waals surface area contributed by atoms with E-state index in [1.54, 1.807) is 24.3 Å². The van der Waals surface area contributed by atoms with Gasteiger partial charge in [0, 0.05) is 15.6 Å². The normalized spacial score (nSPS) is 13.4. The summed E-state index contributed by atoms with van der Waals surface area (Å²) in [7, 11) is -5.89. The van der Waals surface area contributed by atoms with Gasteiger partial charge in [-0.2, -0.15) is 21.6 Å². The third-order valence-corrected chi connectivity index (χ3v) is 4.85. The second-order valence-electron chi connectivity index (χ2n) is 4.92. The molecular weight excluding hydrogens is 428 g/mol. The molecule has 3 nitrogen and oxygen atoms in total. The highest BCUT2D eigenvalue weighted by Gasteiger charge is 2.49. The van der Waals surface area contributed by atoms with Crippen molar-refractivity contribution in [3.8, 4) is 0 Å². The van der Waals surface area contributed by atoms with Crippen LogP contribution in [0.15, 0.2) is 53.0 Å². The SMILES string of the molecule is C/C(=C(/OS(=O)(=O)C(F)(F)F)c1ccc(F)cc1)c1ccccc1Br. The van der Waals surface area contributed by atoms with Gasteiger partial charge in [-0.05, 0) is 42.8 Å². The van der Waals surface area contributed by atoms with Crippen LogP contribution in [0.4, 0.5) is 17.6 Å². The third kappa shape index (κ3) is 4.40. The molecular formula is C16H11BrF4O3S. The Labute approximate surface area is 150 Å². The van der Waals surface area contributed by atoms with E-state index in [0.717, 1.165) is 24.3 Å². The van der Waals surface area contributed by atoms with Crippen LogP contribution in [0.2, 0.25) is 0 Å². The molecule has 0 aromatic heterocycles. The second-order valence-corrected chi connectivity index (χ2v) is 7.32. The van der Waals surface area contributed by atoms with Crippen molar-refractivity contribution in [1.82, 2.24) is 0 Å². The first-order chi connectivity index (χ1) is 11.5. The van der Waals surface area contributed by atoms with E-state index < -0.39 is 27.2 Å². The molecule has 0 fully saturated rings. The number of allylic oxidation sites excluding steroid dienone is 1. The molecule has 25 heavy (non-hydrogen) atoms. The Morgan fingerprint density at radius 1 is 1.04 bits per heavy atom. The highest BCUT2D eigenvalue weighted by atomic mass is 79.9. The lowest BCUT2D eigenvalue weighted by Gasteiger charge is -2.16. The van der Waals surface area contributed by atoms with Gasteiger partial charge < -0.3 is 4.18 Å². The van der Waals surface area contributed by atoms with E-state index >= 15 is 0 Å². The highest BCUT2D eigenvalue weighted by Crippen LogP contribution is 2.36. The molecule has 2 aromatic rings. The lowest BCUT2D eigenvalue weighted by Crippen LogP contribution is -2.25. The third-order valence-electron chi connectivity index (χ3n) is 3.20. The van der Waals surface area contributed by atoms with E-state index in [0.29, 0.717) is 10.0 Å². The van der Waals surface area contributed by atoms with Crippen molar-refractivity contribution in [2.24, 2.45) is 0 Å². The van der Waals surface area contributed by atoms with Crippen molar-refractivity contribution in [2.45, 2.75) is 12.4 Å². The van der Waals surface area contributed by atoms with Gasteiger partial charge in [0.15, 0.2) is 5.76 Å². The summed E-state index contributed by atoms with van der Waals surface area (Å²) in [6.07, 6.45) is 0. The quantitative estimate of drug-likeness (QED) is 0.212. The van der Waals surface area contributed by atoms with Crippen molar-refractivity contribution in [1.29, 1.82) is 0 Å². The smallest absolute Gasteiger partial charge is 0.375 e. The van der Waals surface area contributed by atoms with Crippen LogP contribution in [0.3, 0.4) is 0 Å². The first-order valence-corrected chi connectivity index (χ1v) is 8.95. The molecule has 0 aliphatic heterocycles. The van der Waals surface area contributed by atoms with E-state index in [-0.39, 0.29) is 11.1 Å². The van der Waals surface area contributed by atoms with Crippen LogP contribution < -0.4 is 0 Å². The van der Waals surface area contributed by atoms with Gasteiger partial charge in [-0.1, -0.05) is 34.1 Å². The number of rotatable bonds is 4. The monoisotopic (exact) mass is 438 g/mol. The summed E-state index contributed by atoms with van der Waals surface area (Å²) in [6.45, 7) is 1.41. The van der Waals surface area contributed by atoms with Crippen LogP contribution in [0, 0.1) is 5.82 Å². The van der Waals surface area contributed by atoms with Crippen molar-refractivity contribution in [2.75, 3.05) is 0 Å². The molecule has 0 N–H and O–H groups in total. The molecule has 0 atom stereocenters. The molecule has 0 bridgehead atoms. The molecule has 0 spiro atoms. The number of hydrogen-bond acceptors (Lipinski definition) is 3. The largest absolute Gasteiger partial charge is 0.534 e. The highest BCUT2D eigenvalue weighted by molar-refractivity contribution is 9.10. The zero-order valence-electron chi connectivity index (χ0n) is 12.6. The van der Waals surface area contributed by atoms with Gasteiger partial charge in [0.05, 0.1) is 0 Å². The van der Waals surface area contributed by atoms with E-state index in [2.05, 4.69) is 20.1 Å². The predicted octanol–water partition coefficient (Wildman–Crippen LogP) is 5.34. The molecule has 0 unspecified atom stereocenters. The van der Waals surface area contributed by atoms with E-state index in [1.807, 2.05) is 0 Å². The van der Waals surface area contributed by atoms with E-state index in [4.69, 9.17) is 0 Å². The average Bonchev–Trinajstić information content (AvgIpc) is 2.52. The van der Waals surface area contributed by atoms with Crippen LogP contribution in [0.1, 0.15) is 18.1 Å². The summed E-state index contributed by atoms with van der Waals surface area (Å²) in [5, 5.41) is 0. The Kier molecular flexibility index (Phi) is 5.58. The van der Waals surface area contributed by atoms with Crippen LogP contribution in [0.5, 0.6) is 0 Å². The lowest BCUT2D eigenvalue weighted by atomic mass is 10.0. The van der Waals surface area contributed by atoms with Gasteiger partial charge in [-0.3, -0.25) is 0 Å². The van der Waals surface area contributed by atoms with Crippen LogP contribution in [0.25, 0.3) is 11.3 Å². The van der Waals surface area contributed by atoms with Gasteiger partial charge in [0.1, 0.15) is 5.82 Å². The molecule has 0 heterocycles. The summed E-state index contributed by atoms with van der Waals surface area (Å²) in [6, 6.07) is 10.8. The summed E-state index contributed by atoms with van der Waals surface area (Å²) < 4.78 is 79.1. The summed E-state index contributed by atoms with van der Waals surface area (Å²) in [5.41, 5.74) is -5.04. The van der Waals surface area contributed by atoms with Crippen LogP contribution >= 0.6 is 15.9 Å². The van der Waals surface area contributed by atoms with Crippen molar-refractivity contribution >= 4 is 37.4 Å². The van der Waals surface area contributed by atoms with Crippen LogP contribution in [-0.2, 0) is 14.3 Å². The fourth-order valence-corrected chi connectivity index (χ4v) is 3.09. The van der Waals surface area contributed by atoms with Crippen molar-refractivity contribution < 1.29 is 30.2 Å². The predicted molar refractivity (Wildman–Crippen MR) is 89.1 cm³/mol. The molecule has 2 rings (SSSR count). The minimum absolute atomic E-state index is 0.0116. The minimum Gasteiger partial charge on any atom is -0.375 e. The number of alkyl halides is 3. The Morgan fingerprint density at radius 2 is 1.60 bits per heavy atom. The molecule has 134 valence electrons. The van der Waals surface area contributed by atoms with Crippen molar-refractivity contribution in [3.63, 3.8) is 0 Å². The van der Waals surface area contributed by atoms with E-state index in [1.165, 1.54) is 6.92 Å². The zero-order valence-corrected chi connectivity index (χ0v) is 15.0. The Balaban J connectivity index is 2.67. The molecule has 0 aliphatic carbocycles. The summed E-state index contributed by atoms with van der Waals surface area (Å²) in [4.78, 5) is 0. The topological polar surface area (TPSA) is 43.4 Å². The summed E-state index contributed by atoms with van der Waals surface area (Å²) in [5.74, 6) is -1.16. The fraction of sp³-hybridized carbons (Fsp3) is 0.125. The molecule has 0 saturated carbocycles. The Morgan fingerprint density at radius 3 is 2.12 bits per heavy atom. The van der Waals surface area contributed by atoms with Gasteiger partial charge in [0.2, 0.25) is 0 Å². The molecule has 9 heteroatoms. The standard InChI is InChI=1S/C16H11BrF4O3S/c1-10(13-4-2-3-5-14(13)17)15(11-6-8-12(18)9-7-11)24-25(22,23)16(19,20)21/h2-9H,1H3/b15-10-. The molecule has 2 aromatic carbocycles. The molecule has 0 radical (unpaired) electrons. The number of halogens is 5. The zero-order chi connectivity index (χ0) is 18.8. The minimum atomic E-state index is -5.89. The Hall–Kier alpha value is -1.87. The molecule has 0 saturated heterocycles. The van der Waals surface area contributed by atoms with Gasteiger partial charge in [0.25, 0.3) is 0 Å². The second kappa shape index (κ2) is 7.17. The summed E-state index contributed by atoms with van der Waals surface area (Å²) >= 11 is 3.25. The molecule has 0 amide bonds. The number of hydrogen-bond donors (Lipinski definition) is 0. The maximum Gasteiger partial charge on any atom is 0.534 e. The first-order valence-electron chi connectivity index (χ1n) is 6.75. The van der Waals surface area contributed by atoms with Crippen LogP contribution in [-0.4, -0.2) is 13.9 Å². The maximum absolute atomic E-state index is 13.1. The lowest BCUT2D eigenvalue weighted by molar-refractivity contribution is -0.0509. The Bertz CT molecular complexity index is 904.